The highest BCUT2D eigenvalue weighted by Gasteiger charge is 2.42. The molecule has 9 nitrogen and oxygen atoms in total. The number of aliphatic hydroxyl groups excluding tert-OH is 2. The van der Waals surface area contributed by atoms with Gasteiger partial charge in [0.25, 0.3) is 0 Å². The largest absolute Gasteiger partial charge is 0.390 e. The third-order valence-electron chi connectivity index (χ3n) is 8.43. The van der Waals surface area contributed by atoms with Gasteiger partial charge in [0.1, 0.15) is 28.2 Å². The number of anilines is 2. The van der Waals surface area contributed by atoms with Gasteiger partial charge in [-0.25, -0.2) is 9.97 Å². The molecule has 6 rings (SSSR count). The standard InChI is InChI=1S/C29H38N6O3S/c1-4-5-19(36)12-18-13-20(26(38)25(18)37)33-27-22(15(3)32-29(35-27)31-14(2)16-6-7-16)28-34-24-21(39-28)10-11-30-23(24)17-8-9-17/h10-11,14,16-18,20,25-26,37-38H,4-9,12-13H2,1-3H3,(H2,31,32,33,35)/t14-,18+,20-,25-,26+/m1/s1. The number of carbonyl (C=O) groups excluding carboxylic acids is 1. The first kappa shape index (κ1) is 26.5. The Morgan fingerprint density at radius 1 is 1.15 bits per heavy atom. The second kappa shape index (κ2) is 10.7. The van der Waals surface area contributed by atoms with Crippen molar-refractivity contribution in [3.8, 4) is 10.6 Å². The summed E-state index contributed by atoms with van der Waals surface area (Å²) in [6, 6.07) is 1.83. The van der Waals surface area contributed by atoms with E-state index in [0.717, 1.165) is 51.4 Å². The minimum Gasteiger partial charge on any atom is -0.390 e. The number of aromatic nitrogens is 4. The number of carbonyl (C=O) groups is 1. The first-order chi connectivity index (χ1) is 18.8. The molecule has 0 amide bonds. The Kier molecular flexibility index (Phi) is 7.28. The van der Waals surface area contributed by atoms with E-state index in [0.29, 0.717) is 36.4 Å². The summed E-state index contributed by atoms with van der Waals surface area (Å²) in [5.41, 5.74) is 3.60. The van der Waals surface area contributed by atoms with Gasteiger partial charge >= 0.3 is 0 Å². The molecule has 0 spiro atoms. The summed E-state index contributed by atoms with van der Waals surface area (Å²) < 4.78 is 1.09. The highest BCUT2D eigenvalue weighted by molar-refractivity contribution is 7.21. The summed E-state index contributed by atoms with van der Waals surface area (Å²) in [6.45, 7) is 6.10. The molecule has 5 atom stereocenters. The van der Waals surface area contributed by atoms with Crippen LogP contribution in [0.4, 0.5) is 11.8 Å². The lowest BCUT2D eigenvalue weighted by Gasteiger charge is -2.22. The normalized spacial score (nSPS) is 25.7. The summed E-state index contributed by atoms with van der Waals surface area (Å²) >= 11 is 1.60. The molecule has 0 aliphatic heterocycles. The average Bonchev–Trinajstić information content (AvgIpc) is 3.82. The van der Waals surface area contributed by atoms with E-state index >= 15 is 0 Å². The van der Waals surface area contributed by atoms with Crippen molar-refractivity contribution in [2.45, 2.75) is 102 Å². The van der Waals surface area contributed by atoms with E-state index < -0.39 is 18.2 Å². The van der Waals surface area contributed by atoms with Crippen LogP contribution in [0.2, 0.25) is 0 Å². The van der Waals surface area contributed by atoms with Crippen LogP contribution in [0.25, 0.3) is 20.8 Å². The lowest BCUT2D eigenvalue weighted by Crippen LogP contribution is -2.35. The maximum absolute atomic E-state index is 12.3. The van der Waals surface area contributed by atoms with E-state index in [1.807, 2.05) is 26.1 Å². The van der Waals surface area contributed by atoms with Gasteiger partial charge in [0.2, 0.25) is 5.95 Å². The van der Waals surface area contributed by atoms with Crippen LogP contribution < -0.4 is 10.6 Å². The monoisotopic (exact) mass is 550 g/mol. The molecule has 3 fully saturated rings. The first-order valence-electron chi connectivity index (χ1n) is 14.4. The molecule has 0 aromatic carbocycles. The summed E-state index contributed by atoms with van der Waals surface area (Å²) in [6.07, 6.45) is 6.66. The highest BCUT2D eigenvalue weighted by Crippen LogP contribution is 2.45. The van der Waals surface area contributed by atoms with Gasteiger partial charge in [0.05, 0.1) is 33.8 Å². The quantitative estimate of drug-likeness (QED) is 0.265. The molecular weight excluding hydrogens is 512 g/mol. The predicted molar refractivity (Wildman–Crippen MR) is 153 cm³/mol. The Balaban J connectivity index is 1.34. The molecule has 3 aliphatic rings. The molecule has 3 aliphatic carbocycles. The molecule has 0 saturated heterocycles. The minimum atomic E-state index is -1.00. The number of aliphatic hydroxyl groups is 2. The van der Waals surface area contributed by atoms with Crippen molar-refractivity contribution in [1.29, 1.82) is 0 Å². The maximum atomic E-state index is 12.3. The summed E-state index contributed by atoms with van der Waals surface area (Å²) in [5, 5.41) is 29.5. The molecule has 39 heavy (non-hydrogen) atoms. The van der Waals surface area contributed by atoms with E-state index in [1.165, 1.54) is 12.8 Å². The van der Waals surface area contributed by atoms with Crippen LogP contribution in [-0.2, 0) is 4.79 Å². The Hall–Kier alpha value is -2.69. The second-order valence-electron chi connectivity index (χ2n) is 11.7. The van der Waals surface area contributed by atoms with E-state index in [9.17, 15) is 15.0 Å². The first-order valence-corrected chi connectivity index (χ1v) is 15.2. The fourth-order valence-corrected chi connectivity index (χ4v) is 6.94. The van der Waals surface area contributed by atoms with Crippen molar-refractivity contribution in [3.05, 3.63) is 23.7 Å². The molecule has 0 unspecified atom stereocenters. The summed E-state index contributed by atoms with van der Waals surface area (Å²) in [4.78, 5) is 31.7. The van der Waals surface area contributed by atoms with Gasteiger partial charge in [-0.05, 0) is 70.3 Å². The van der Waals surface area contributed by atoms with Gasteiger partial charge in [0.15, 0.2) is 0 Å². The van der Waals surface area contributed by atoms with Gasteiger partial charge in [-0.2, -0.15) is 4.98 Å². The lowest BCUT2D eigenvalue weighted by molar-refractivity contribution is -0.121. The number of nitrogens with one attached hydrogen (secondary N) is 2. The number of thiazole rings is 1. The third kappa shape index (κ3) is 5.51. The zero-order chi connectivity index (χ0) is 27.3. The second-order valence-corrected chi connectivity index (χ2v) is 12.7. The minimum absolute atomic E-state index is 0.128. The van der Waals surface area contributed by atoms with Gasteiger partial charge in [0, 0.05) is 31.0 Å². The Morgan fingerprint density at radius 2 is 1.95 bits per heavy atom. The van der Waals surface area contributed by atoms with Crippen LogP contribution in [-0.4, -0.2) is 60.2 Å². The van der Waals surface area contributed by atoms with E-state index in [4.69, 9.17) is 15.0 Å². The smallest absolute Gasteiger partial charge is 0.225 e. The number of hydrogen-bond acceptors (Lipinski definition) is 10. The number of nitrogens with zero attached hydrogens (tertiary/aromatic N) is 4. The molecule has 208 valence electrons. The van der Waals surface area contributed by atoms with Crippen molar-refractivity contribution in [3.63, 3.8) is 0 Å². The van der Waals surface area contributed by atoms with Crippen LogP contribution in [0, 0.1) is 18.8 Å². The van der Waals surface area contributed by atoms with Crippen molar-refractivity contribution < 1.29 is 15.0 Å². The van der Waals surface area contributed by atoms with E-state index in [-0.39, 0.29) is 24.2 Å². The molecule has 0 radical (unpaired) electrons. The Morgan fingerprint density at radius 3 is 2.67 bits per heavy atom. The fourth-order valence-electron chi connectivity index (χ4n) is 5.87. The molecule has 0 bridgehead atoms. The van der Waals surface area contributed by atoms with Gasteiger partial charge in [-0.15, -0.1) is 11.3 Å². The van der Waals surface area contributed by atoms with Gasteiger partial charge in [-0.1, -0.05) is 6.92 Å². The number of hydrogen-bond donors (Lipinski definition) is 4. The average molecular weight is 551 g/mol. The van der Waals surface area contributed by atoms with Crippen molar-refractivity contribution in [2.24, 2.45) is 11.8 Å². The molecule has 4 N–H and O–H groups in total. The number of Topliss-reactive ketones (excluding diaryl/α,β-unsaturated/α-hetero) is 1. The van der Waals surface area contributed by atoms with Crippen LogP contribution >= 0.6 is 11.3 Å². The topological polar surface area (TPSA) is 133 Å². The van der Waals surface area contributed by atoms with Crippen LogP contribution in [0.3, 0.4) is 0 Å². The van der Waals surface area contributed by atoms with Crippen molar-refractivity contribution >= 4 is 39.1 Å². The van der Waals surface area contributed by atoms with Gasteiger partial charge < -0.3 is 20.8 Å². The van der Waals surface area contributed by atoms with Gasteiger partial charge in [-0.3, -0.25) is 9.78 Å². The van der Waals surface area contributed by atoms with Crippen LogP contribution in [0.5, 0.6) is 0 Å². The Bertz CT molecular complexity index is 1370. The number of pyridine rings is 1. The SMILES string of the molecule is CCCC(=O)C[C@H]1C[C@@H](Nc2nc(N[C@H](C)C3CC3)nc(C)c2-c2nc3c(C4CC4)nccc3s2)[C@H](O)[C@@H]1O. The molecule has 10 heteroatoms. The molecule has 3 aromatic heterocycles. The summed E-state index contributed by atoms with van der Waals surface area (Å²) in [5.74, 6) is 2.09. The highest BCUT2D eigenvalue weighted by atomic mass is 32.1. The number of aryl methyl sites for hydroxylation is 1. The van der Waals surface area contributed by atoms with Crippen molar-refractivity contribution in [2.75, 3.05) is 10.6 Å². The van der Waals surface area contributed by atoms with E-state index in [1.54, 1.807) is 11.3 Å². The number of fused-ring (bicyclic) bond motifs is 1. The zero-order valence-electron chi connectivity index (χ0n) is 22.9. The number of ketones is 1. The van der Waals surface area contributed by atoms with Crippen LogP contribution in [0.1, 0.15) is 82.5 Å². The van der Waals surface area contributed by atoms with Crippen molar-refractivity contribution in [1.82, 2.24) is 19.9 Å². The Labute approximate surface area is 232 Å². The van der Waals surface area contributed by atoms with E-state index in [2.05, 4.69) is 22.5 Å². The summed E-state index contributed by atoms with van der Waals surface area (Å²) in [7, 11) is 0. The zero-order valence-corrected chi connectivity index (χ0v) is 23.7. The molecule has 3 heterocycles. The number of rotatable bonds is 11. The molecule has 3 aromatic rings. The molecular formula is C29H38N6O3S. The van der Waals surface area contributed by atoms with Crippen LogP contribution in [0.15, 0.2) is 12.3 Å². The predicted octanol–water partition coefficient (Wildman–Crippen LogP) is 4.83. The third-order valence-corrected chi connectivity index (χ3v) is 9.47. The fraction of sp³-hybridized carbons (Fsp3) is 0.621. The lowest BCUT2D eigenvalue weighted by atomic mass is 9.96. The maximum Gasteiger partial charge on any atom is 0.225 e. The molecule has 3 saturated carbocycles.